The summed E-state index contributed by atoms with van der Waals surface area (Å²) in [5.74, 6) is 0.453. The second kappa shape index (κ2) is 9.74. The van der Waals surface area contributed by atoms with Gasteiger partial charge in [-0.25, -0.2) is 9.18 Å². The second-order valence-corrected chi connectivity index (χ2v) is 13.9. The summed E-state index contributed by atoms with van der Waals surface area (Å²) in [6, 6.07) is 6.01. The maximum Gasteiger partial charge on any atom is 0.322 e. The van der Waals surface area contributed by atoms with Crippen LogP contribution in [0, 0.1) is 0 Å². The van der Waals surface area contributed by atoms with E-state index in [0.717, 1.165) is 60.7 Å². The number of ether oxygens (including phenoxy) is 1. The van der Waals surface area contributed by atoms with Crippen LogP contribution in [0.25, 0.3) is 0 Å². The number of nitrogens with zero attached hydrogens (tertiary/aromatic N) is 5. The highest BCUT2D eigenvalue weighted by molar-refractivity contribution is 6.31. The molecule has 2 N–H and O–H groups in total. The Morgan fingerprint density at radius 2 is 2.00 bits per heavy atom. The molecule has 43 heavy (non-hydrogen) atoms. The molecule has 1 unspecified atom stereocenters. The first-order valence-electron chi connectivity index (χ1n) is 15.5. The number of urea groups is 1. The Labute approximate surface area is 255 Å². The quantitative estimate of drug-likeness (QED) is 0.510. The fraction of sp³-hybridized carbons (Fsp3) is 0.613. The molecule has 0 saturated carbocycles. The summed E-state index contributed by atoms with van der Waals surface area (Å²) < 4.78 is 20.9. The summed E-state index contributed by atoms with van der Waals surface area (Å²) in [5.41, 5.74) is 2.85. The summed E-state index contributed by atoms with van der Waals surface area (Å²) in [5, 5.41) is 6.12. The van der Waals surface area contributed by atoms with Crippen LogP contribution in [0.4, 0.5) is 15.0 Å². The zero-order valence-corrected chi connectivity index (χ0v) is 25.2. The van der Waals surface area contributed by atoms with Gasteiger partial charge >= 0.3 is 12.0 Å². The van der Waals surface area contributed by atoms with Gasteiger partial charge in [-0.2, -0.15) is 9.97 Å². The number of hydrogen-bond donors (Lipinski definition) is 2. The molecule has 10 nitrogen and oxygen atoms in total. The van der Waals surface area contributed by atoms with Gasteiger partial charge in [0.1, 0.15) is 24.1 Å². The van der Waals surface area contributed by atoms with E-state index < -0.39 is 17.7 Å². The van der Waals surface area contributed by atoms with Crippen molar-refractivity contribution in [2.24, 2.45) is 0 Å². The highest BCUT2D eigenvalue weighted by atomic mass is 35.5. The summed E-state index contributed by atoms with van der Waals surface area (Å²) in [4.78, 5) is 41.8. The van der Waals surface area contributed by atoms with Crippen molar-refractivity contribution in [2.45, 2.75) is 80.7 Å². The Morgan fingerprint density at radius 1 is 1.14 bits per heavy atom. The van der Waals surface area contributed by atoms with Crippen molar-refractivity contribution in [1.29, 1.82) is 0 Å². The monoisotopic (exact) mass is 609 g/mol. The standard InChI is InChI=1S/C31H37ClFN7O3/c1-38-16-21-24(14-31(38)10-7-20-22(31)5-2-6-23(20)32)34-28(43-18-29-8-3-12-40(29)15-19(33)13-29)35-25(21)39-11-4-9-30(17-39)26(41)36-27(42)37-30/h2,5-6,19H,3-4,7-18H2,1H3,(H2,36,37,41,42)/t19?,29-,30+,31-/m0/s1. The van der Waals surface area contributed by atoms with E-state index in [1.165, 1.54) is 11.1 Å². The van der Waals surface area contributed by atoms with Gasteiger partial charge in [-0.3, -0.25) is 19.9 Å². The lowest BCUT2D eigenvalue weighted by Crippen LogP contribution is -2.59. The second-order valence-electron chi connectivity index (χ2n) is 13.5. The Balaban J connectivity index is 1.18. The van der Waals surface area contributed by atoms with Crippen LogP contribution in [0.2, 0.25) is 5.02 Å². The van der Waals surface area contributed by atoms with Crippen LogP contribution < -0.4 is 20.3 Å². The van der Waals surface area contributed by atoms with E-state index in [1.54, 1.807) is 0 Å². The van der Waals surface area contributed by atoms with Crippen LogP contribution in [-0.4, -0.2) is 88.8 Å². The molecule has 1 aromatic heterocycles. The van der Waals surface area contributed by atoms with Crippen molar-refractivity contribution in [3.63, 3.8) is 0 Å². The number of carbonyl (C=O) groups excluding carboxylic acids is 2. The summed E-state index contributed by atoms with van der Waals surface area (Å²) in [6.45, 7) is 3.34. The Bertz CT molecular complexity index is 1530. The number of likely N-dealkylation sites (N-methyl/N-ethyl adjacent to an activating group) is 1. The molecule has 5 aliphatic heterocycles. The van der Waals surface area contributed by atoms with E-state index in [2.05, 4.69) is 38.4 Å². The number of hydrogen-bond acceptors (Lipinski definition) is 8. The molecule has 4 saturated heterocycles. The van der Waals surface area contributed by atoms with Crippen LogP contribution >= 0.6 is 11.6 Å². The van der Waals surface area contributed by atoms with Crippen molar-refractivity contribution in [3.8, 4) is 6.01 Å². The molecule has 6 aliphatic rings. The van der Waals surface area contributed by atoms with E-state index >= 15 is 0 Å². The van der Waals surface area contributed by atoms with Gasteiger partial charge in [-0.1, -0.05) is 23.7 Å². The third-order valence-electron chi connectivity index (χ3n) is 11.1. The van der Waals surface area contributed by atoms with Gasteiger partial charge in [0.05, 0.1) is 23.3 Å². The van der Waals surface area contributed by atoms with Crippen molar-refractivity contribution in [1.82, 2.24) is 30.4 Å². The average Bonchev–Trinajstić information content (AvgIpc) is 3.69. The first-order valence-corrected chi connectivity index (χ1v) is 15.9. The third kappa shape index (κ3) is 4.18. The van der Waals surface area contributed by atoms with Crippen molar-refractivity contribution in [3.05, 3.63) is 45.6 Å². The number of benzene rings is 1. The molecule has 1 aromatic carbocycles. The number of halogens is 2. The molecule has 0 radical (unpaired) electrons. The molecule has 228 valence electrons. The van der Waals surface area contributed by atoms with Crippen molar-refractivity contribution < 1.29 is 18.7 Å². The van der Waals surface area contributed by atoms with Gasteiger partial charge < -0.3 is 15.0 Å². The smallest absolute Gasteiger partial charge is 0.322 e. The Kier molecular flexibility index (Phi) is 6.23. The topological polar surface area (TPSA) is 103 Å². The average molecular weight is 610 g/mol. The third-order valence-corrected chi connectivity index (χ3v) is 11.4. The van der Waals surface area contributed by atoms with E-state index in [1.807, 2.05) is 12.1 Å². The molecule has 4 fully saturated rings. The SMILES string of the molecule is CN1Cc2c(nc(OC[C@@]34CCCN3CC(F)C4)nc2N2CCC[C@]3(C2)NC(=O)NC3=O)C[C@]12CCc1c(Cl)cccc12. The van der Waals surface area contributed by atoms with Crippen molar-refractivity contribution in [2.75, 3.05) is 44.7 Å². The molecular weight excluding hydrogens is 573 g/mol. The van der Waals surface area contributed by atoms with Crippen LogP contribution in [0.1, 0.15) is 60.9 Å². The molecule has 0 bridgehead atoms. The highest BCUT2D eigenvalue weighted by Crippen LogP contribution is 2.50. The largest absolute Gasteiger partial charge is 0.461 e. The lowest BCUT2D eigenvalue weighted by molar-refractivity contribution is -0.124. The number of carbonyl (C=O) groups is 2. The molecule has 2 spiro atoms. The summed E-state index contributed by atoms with van der Waals surface area (Å²) in [7, 11) is 2.15. The normalized spacial score (nSPS) is 33.6. The highest BCUT2D eigenvalue weighted by Gasteiger charge is 2.52. The number of alkyl halides is 1. The predicted octanol–water partition coefficient (Wildman–Crippen LogP) is 3.09. The lowest BCUT2D eigenvalue weighted by Gasteiger charge is -2.46. The van der Waals surface area contributed by atoms with Gasteiger partial charge in [0.15, 0.2) is 0 Å². The first-order chi connectivity index (χ1) is 20.7. The van der Waals surface area contributed by atoms with Gasteiger partial charge in [0.2, 0.25) is 0 Å². The van der Waals surface area contributed by atoms with Gasteiger partial charge in [-0.15, -0.1) is 0 Å². The number of imide groups is 1. The number of piperidine rings is 1. The minimum atomic E-state index is -0.986. The van der Waals surface area contributed by atoms with Crippen LogP contribution in [0.3, 0.4) is 0 Å². The Morgan fingerprint density at radius 3 is 2.84 bits per heavy atom. The van der Waals surface area contributed by atoms with Gasteiger partial charge in [-0.05, 0) is 69.3 Å². The predicted molar refractivity (Wildman–Crippen MR) is 158 cm³/mol. The minimum absolute atomic E-state index is 0.244. The molecular formula is C31H37ClFN7O3. The van der Waals surface area contributed by atoms with E-state index in [0.29, 0.717) is 58.1 Å². The summed E-state index contributed by atoms with van der Waals surface area (Å²) >= 11 is 6.65. The number of nitrogens with one attached hydrogen (secondary N) is 2. The maximum atomic E-state index is 14.5. The Hall–Kier alpha value is -3.02. The van der Waals surface area contributed by atoms with Crippen LogP contribution in [-0.2, 0) is 29.7 Å². The van der Waals surface area contributed by atoms with Crippen LogP contribution in [0.15, 0.2) is 18.2 Å². The van der Waals surface area contributed by atoms with E-state index in [9.17, 15) is 14.0 Å². The van der Waals surface area contributed by atoms with Crippen LogP contribution in [0.5, 0.6) is 6.01 Å². The van der Waals surface area contributed by atoms with E-state index in [4.69, 9.17) is 26.3 Å². The zero-order valence-electron chi connectivity index (χ0n) is 24.4. The number of aromatic nitrogens is 2. The van der Waals surface area contributed by atoms with Crippen molar-refractivity contribution >= 4 is 29.4 Å². The molecule has 4 atom stereocenters. The molecule has 3 amide bonds. The fourth-order valence-electron chi connectivity index (χ4n) is 8.92. The molecule has 12 heteroatoms. The molecule has 1 aliphatic carbocycles. The number of rotatable bonds is 4. The minimum Gasteiger partial charge on any atom is -0.461 e. The lowest BCUT2D eigenvalue weighted by atomic mass is 9.80. The molecule has 8 rings (SSSR count). The van der Waals surface area contributed by atoms with E-state index in [-0.39, 0.29) is 17.0 Å². The van der Waals surface area contributed by atoms with Gasteiger partial charge in [0.25, 0.3) is 5.91 Å². The zero-order chi connectivity index (χ0) is 29.6. The first kappa shape index (κ1) is 27.5. The van der Waals surface area contributed by atoms with Gasteiger partial charge in [0, 0.05) is 43.1 Å². The number of fused-ring (bicyclic) bond motifs is 4. The molecule has 2 aromatic rings. The molecule has 6 heterocycles. The number of anilines is 1. The summed E-state index contributed by atoms with van der Waals surface area (Å²) in [6.07, 6.45) is 5.39. The maximum absolute atomic E-state index is 14.5. The number of amides is 3. The fourth-order valence-corrected chi connectivity index (χ4v) is 9.19.